The smallest absolute Gasteiger partial charge is 0.328 e. The fourth-order valence-corrected chi connectivity index (χ4v) is 1.83. The number of hydrogen-bond acceptors (Lipinski definition) is 4. The first-order valence-electron chi connectivity index (χ1n) is 6.05. The van der Waals surface area contributed by atoms with Gasteiger partial charge in [0.2, 0.25) is 0 Å². The van der Waals surface area contributed by atoms with Gasteiger partial charge >= 0.3 is 5.97 Å². The summed E-state index contributed by atoms with van der Waals surface area (Å²) in [5.74, 6) is -1.83. The summed E-state index contributed by atoms with van der Waals surface area (Å²) in [6, 6.07) is 7.08. The second kappa shape index (κ2) is 5.66. The maximum absolute atomic E-state index is 12.0. The van der Waals surface area contributed by atoms with Crippen molar-refractivity contribution in [1.29, 1.82) is 0 Å². The number of aliphatic carboxylic acids is 1. The molecule has 0 aliphatic heterocycles. The van der Waals surface area contributed by atoms with Crippen LogP contribution in [0.3, 0.4) is 0 Å². The monoisotopic (exact) mass is 274 g/mol. The summed E-state index contributed by atoms with van der Waals surface area (Å²) in [4.78, 5) is 27.1. The number of benzene rings is 1. The molecule has 2 atom stereocenters. The van der Waals surface area contributed by atoms with E-state index in [-0.39, 0.29) is 0 Å². The van der Waals surface area contributed by atoms with Gasteiger partial charge in [0.15, 0.2) is 6.04 Å². The number of rotatable bonds is 4. The van der Waals surface area contributed by atoms with E-state index >= 15 is 0 Å². The molecular weight excluding hydrogens is 260 g/mol. The first-order chi connectivity index (χ1) is 9.49. The average Bonchev–Trinajstić information content (AvgIpc) is 2.43. The molecule has 0 saturated carbocycles. The van der Waals surface area contributed by atoms with Crippen molar-refractivity contribution >= 4 is 22.8 Å². The Morgan fingerprint density at radius 1 is 1.30 bits per heavy atom. The van der Waals surface area contributed by atoms with E-state index in [9.17, 15) is 14.7 Å². The average molecular weight is 274 g/mol. The second-order valence-electron chi connectivity index (χ2n) is 4.44. The van der Waals surface area contributed by atoms with Crippen LogP contribution in [0, 0.1) is 0 Å². The fraction of sp³-hybridized carbons (Fsp3) is 0.214. The Labute approximate surface area is 115 Å². The summed E-state index contributed by atoms with van der Waals surface area (Å²) in [6.45, 7) is 1.31. The van der Waals surface area contributed by atoms with Crippen LogP contribution in [-0.4, -0.2) is 39.2 Å². The summed E-state index contributed by atoms with van der Waals surface area (Å²) in [5, 5.41) is 21.3. The SMILES string of the molecule is CC(O)C(NC(=O)c1ccc2ncccc2c1)C(=O)O. The van der Waals surface area contributed by atoms with Gasteiger partial charge in [0.05, 0.1) is 11.6 Å². The Morgan fingerprint density at radius 3 is 2.70 bits per heavy atom. The van der Waals surface area contributed by atoms with Gasteiger partial charge in [-0.1, -0.05) is 6.07 Å². The number of carbonyl (C=O) groups excluding carboxylic acids is 1. The zero-order valence-corrected chi connectivity index (χ0v) is 10.8. The van der Waals surface area contributed by atoms with Gasteiger partial charge < -0.3 is 15.5 Å². The van der Waals surface area contributed by atoms with Gasteiger partial charge in [-0.15, -0.1) is 0 Å². The third-order valence-corrected chi connectivity index (χ3v) is 2.90. The van der Waals surface area contributed by atoms with Crippen LogP contribution >= 0.6 is 0 Å². The van der Waals surface area contributed by atoms with E-state index in [1.54, 1.807) is 30.5 Å². The van der Waals surface area contributed by atoms with E-state index in [2.05, 4.69) is 10.3 Å². The number of nitrogens with one attached hydrogen (secondary N) is 1. The van der Waals surface area contributed by atoms with Gasteiger partial charge in [0.1, 0.15) is 0 Å². The molecule has 0 bridgehead atoms. The van der Waals surface area contributed by atoms with Gasteiger partial charge in [-0.3, -0.25) is 9.78 Å². The zero-order chi connectivity index (χ0) is 14.7. The molecular formula is C14H14N2O4. The summed E-state index contributed by atoms with van der Waals surface area (Å²) in [6.07, 6.45) is 0.467. The molecule has 104 valence electrons. The number of aromatic nitrogens is 1. The number of pyridine rings is 1. The largest absolute Gasteiger partial charge is 0.480 e. The minimum Gasteiger partial charge on any atom is -0.480 e. The molecule has 1 heterocycles. The normalized spacial score (nSPS) is 13.7. The van der Waals surface area contributed by atoms with E-state index in [1.807, 2.05) is 6.07 Å². The molecule has 2 aromatic rings. The second-order valence-corrected chi connectivity index (χ2v) is 4.44. The number of carbonyl (C=O) groups is 2. The lowest BCUT2D eigenvalue weighted by atomic mass is 10.1. The predicted molar refractivity (Wildman–Crippen MR) is 72.3 cm³/mol. The number of hydrogen-bond donors (Lipinski definition) is 3. The number of carboxylic acids is 1. The molecule has 1 aromatic heterocycles. The van der Waals surface area contributed by atoms with Crippen LogP contribution in [0.15, 0.2) is 36.5 Å². The van der Waals surface area contributed by atoms with Crippen molar-refractivity contribution in [3.8, 4) is 0 Å². The molecule has 0 radical (unpaired) electrons. The Morgan fingerprint density at radius 2 is 2.05 bits per heavy atom. The molecule has 6 heteroatoms. The number of aliphatic hydroxyl groups is 1. The summed E-state index contributed by atoms with van der Waals surface area (Å²) in [7, 11) is 0. The van der Waals surface area contributed by atoms with E-state index in [1.165, 1.54) is 6.92 Å². The van der Waals surface area contributed by atoms with Crippen molar-refractivity contribution in [3.05, 3.63) is 42.1 Å². The van der Waals surface area contributed by atoms with Crippen molar-refractivity contribution < 1.29 is 19.8 Å². The zero-order valence-electron chi connectivity index (χ0n) is 10.8. The highest BCUT2D eigenvalue weighted by Crippen LogP contribution is 2.13. The van der Waals surface area contributed by atoms with Crippen molar-refractivity contribution in [2.24, 2.45) is 0 Å². The molecule has 0 saturated heterocycles. The number of nitrogens with zero attached hydrogens (tertiary/aromatic N) is 1. The van der Waals surface area contributed by atoms with Gasteiger partial charge in [0.25, 0.3) is 5.91 Å². The third kappa shape index (κ3) is 2.92. The van der Waals surface area contributed by atoms with Crippen LogP contribution in [0.25, 0.3) is 10.9 Å². The third-order valence-electron chi connectivity index (χ3n) is 2.90. The number of aliphatic hydroxyl groups excluding tert-OH is 1. The molecule has 1 amide bonds. The molecule has 0 aliphatic carbocycles. The Kier molecular flexibility index (Phi) is 3.95. The molecule has 1 aromatic carbocycles. The predicted octanol–water partition coefficient (Wildman–Crippen LogP) is 0.799. The lowest BCUT2D eigenvalue weighted by Crippen LogP contribution is -2.47. The maximum atomic E-state index is 12.0. The van der Waals surface area contributed by atoms with Crippen LogP contribution in [0.4, 0.5) is 0 Å². The van der Waals surface area contributed by atoms with Crippen LogP contribution in [0.5, 0.6) is 0 Å². The van der Waals surface area contributed by atoms with E-state index in [0.29, 0.717) is 5.56 Å². The van der Waals surface area contributed by atoms with Crippen LogP contribution < -0.4 is 5.32 Å². The molecule has 2 unspecified atom stereocenters. The topological polar surface area (TPSA) is 99.5 Å². The Hall–Kier alpha value is -2.47. The van der Waals surface area contributed by atoms with E-state index in [0.717, 1.165) is 10.9 Å². The summed E-state index contributed by atoms with van der Waals surface area (Å²) in [5.41, 5.74) is 1.06. The fourth-order valence-electron chi connectivity index (χ4n) is 1.83. The standard InChI is InChI=1S/C14H14N2O4/c1-8(17)12(14(19)20)16-13(18)10-4-5-11-9(7-10)3-2-6-15-11/h2-8,12,17H,1H3,(H,16,18)(H,19,20). The van der Waals surface area contributed by atoms with Gasteiger partial charge in [-0.2, -0.15) is 0 Å². The number of fused-ring (bicyclic) bond motifs is 1. The van der Waals surface area contributed by atoms with Gasteiger partial charge in [0, 0.05) is 17.1 Å². The molecule has 20 heavy (non-hydrogen) atoms. The quantitative estimate of drug-likeness (QED) is 0.765. The Balaban J connectivity index is 2.24. The lowest BCUT2D eigenvalue weighted by Gasteiger charge is -2.17. The molecule has 0 aliphatic rings. The van der Waals surface area contributed by atoms with Crippen molar-refractivity contribution in [2.75, 3.05) is 0 Å². The Bertz CT molecular complexity index is 654. The molecule has 0 spiro atoms. The molecule has 3 N–H and O–H groups in total. The number of carboxylic acid groups (broad SMARTS) is 1. The van der Waals surface area contributed by atoms with Crippen molar-refractivity contribution in [2.45, 2.75) is 19.1 Å². The van der Waals surface area contributed by atoms with Crippen LogP contribution in [-0.2, 0) is 4.79 Å². The van der Waals surface area contributed by atoms with Crippen LogP contribution in [0.1, 0.15) is 17.3 Å². The van der Waals surface area contributed by atoms with Gasteiger partial charge in [-0.05, 0) is 31.2 Å². The van der Waals surface area contributed by atoms with Crippen molar-refractivity contribution in [3.63, 3.8) is 0 Å². The summed E-state index contributed by atoms with van der Waals surface area (Å²) < 4.78 is 0. The number of amides is 1. The highest BCUT2D eigenvalue weighted by Gasteiger charge is 2.25. The summed E-state index contributed by atoms with van der Waals surface area (Å²) >= 11 is 0. The molecule has 6 nitrogen and oxygen atoms in total. The molecule has 0 fully saturated rings. The lowest BCUT2D eigenvalue weighted by molar-refractivity contribution is -0.141. The highest BCUT2D eigenvalue weighted by atomic mass is 16.4. The highest BCUT2D eigenvalue weighted by molar-refractivity contribution is 5.99. The van der Waals surface area contributed by atoms with E-state index < -0.39 is 24.0 Å². The first kappa shape index (κ1) is 14.0. The first-order valence-corrected chi connectivity index (χ1v) is 6.05. The van der Waals surface area contributed by atoms with E-state index in [4.69, 9.17) is 5.11 Å². The minimum absolute atomic E-state index is 0.317. The van der Waals surface area contributed by atoms with Crippen molar-refractivity contribution in [1.82, 2.24) is 10.3 Å². The van der Waals surface area contributed by atoms with Crippen LogP contribution in [0.2, 0.25) is 0 Å². The minimum atomic E-state index is -1.34. The van der Waals surface area contributed by atoms with Gasteiger partial charge in [-0.25, -0.2) is 4.79 Å². The maximum Gasteiger partial charge on any atom is 0.328 e. The molecule has 2 rings (SSSR count).